The van der Waals surface area contributed by atoms with Crippen molar-refractivity contribution in [2.45, 2.75) is 44.6 Å². The molecule has 7 nitrogen and oxygen atoms in total. The van der Waals surface area contributed by atoms with E-state index in [0.717, 1.165) is 29.9 Å². The SMILES string of the molecule is C=N/C=C(\SCc1ccc(OC(C)C)c(C#N)c1)c1cccc2c1CCC2NN(C)SOCCN(C)C. The van der Waals surface area contributed by atoms with Gasteiger partial charge in [0.25, 0.3) is 0 Å². The lowest BCUT2D eigenvalue weighted by atomic mass is 10.0. The van der Waals surface area contributed by atoms with Crippen molar-refractivity contribution >= 4 is 35.6 Å². The monoisotopic (exact) mass is 539 g/mol. The summed E-state index contributed by atoms with van der Waals surface area (Å²) in [6.45, 7) is 9.17. The molecule has 0 amide bonds. The van der Waals surface area contributed by atoms with Crippen LogP contribution in [0.4, 0.5) is 0 Å². The maximum atomic E-state index is 9.58. The minimum atomic E-state index is 0.0213. The Hall–Kier alpha value is -2.32. The van der Waals surface area contributed by atoms with Crippen LogP contribution in [0, 0.1) is 11.3 Å². The van der Waals surface area contributed by atoms with Gasteiger partial charge < -0.3 is 9.64 Å². The second-order valence-electron chi connectivity index (χ2n) is 9.36. The maximum absolute atomic E-state index is 9.58. The number of aliphatic imine (C=N–C) groups is 1. The summed E-state index contributed by atoms with van der Waals surface area (Å²) in [5.41, 5.74) is 9.02. The number of fused-ring (bicyclic) bond motifs is 1. The largest absolute Gasteiger partial charge is 0.490 e. The highest BCUT2D eigenvalue weighted by Gasteiger charge is 2.26. The van der Waals surface area contributed by atoms with Gasteiger partial charge in [0.15, 0.2) is 0 Å². The average Bonchev–Trinajstić information content (AvgIpc) is 3.27. The zero-order valence-electron chi connectivity index (χ0n) is 22.4. The van der Waals surface area contributed by atoms with Gasteiger partial charge in [-0.3, -0.25) is 9.18 Å². The van der Waals surface area contributed by atoms with E-state index in [1.54, 1.807) is 11.8 Å². The van der Waals surface area contributed by atoms with Crippen LogP contribution in [-0.2, 0) is 16.4 Å². The lowest BCUT2D eigenvalue weighted by molar-refractivity contribution is 0.241. The van der Waals surface area contributed by atoms with Crippen LogP contribution in [0.1, 0.15) is 54.1 Å². The van der Waals surface area contributed by atoms with Gasteiger partial charge in [-0.15, -0.1) is 11.8 Å². The molecule has 0 fully saturated rings. The summed E-state index contributed by atoms with van der Waals surface area (Å²) in [7, 11) is 6.06. The molecule has 0 bridgehead atoms. The summed E-state index contributed by atoms with van der Waals surface area (Å²) in [6, 6.07) is 14.8. The maximum Gasteiger partial charge on any atom is 0.137 e. The molecule has 3 rings (SSSR count). The summed E-state index contributed by atoms with van der Waals surface area (Å²) in [6.07, 6.45) is 3.85. The molecule has 0 aromatic heterocycles. The standard InChI is InChI=1S/C28H37N5O2S2/c1-20(2)35-27-13-10-21(16-22(27)17-29)19-36-28(18-30-3)25-9-7-8-24-23(25)11-12-26(24)31-33(6)37-34-15-14-32(4)5/h7-10,13,16,18,20,26,31H,3,11-12,14-15,19H2,1-2,4-6H3/b28-18-. The Bertz CT molecular complexity index is 1130. The van der Waals surface area contributed by atoms with Crippen molar-refractivity contribution in [2.75, 3.05) is 34.3 Å². The fourth-order valence-corrected chi connectivity index (χ4v) is 5.61. The summed E-state index contributed by atoms with van der Waals surface area (Å²) < 4.78 is 13.4. The third-order valence-corrected chi connectivity index (χ3v) is 7.51. The van der Waals surface area contributed by atoms with Crippen LogP contribution >= 0.6 is 24.0 Å². The zero-order chi connectivity index (χ0) is 26.8. The predicted molar refractivity (Wildman–Crippen MR) is 156 cm³/mol. The second-order valence-corrected chi connectivity index (χ2v) is 11.3. The molecular formula is C28H37N5O2S2. The molecule has 0 saturated heterocycles. The van der Waals surface area contributed by atoms with Crippen LogP contribution in [0.3, 0.4) is 0 Å². The number of rotatable bonds is 14. The molecule has 2 aromatic carbocycles. The highest BCUT2D eigenvalue weighted by atomic mass is 32.2. The molecular weight excluding hydrogens is 502 g/mol. The van der Waals surface area contributed by atoms with E-state index in [2.05, 4.69) is 46.3 Å². The topological polar surface area (TPSA) is 73.1 Å². The van der Waals surface area contributed by atoms with Gasteiger partial charge in [0.05, 0.1) is 30.5 Å². The van der Waals surface area contributed by atoms with E-state index < -0.39 is 0 Å². The van der Waals surface area contributed by atoms with Crippen molar-refractivity contribution in [3.05, 3.63) is 70.4 Å². The third-order valence-electron chi connectivity index (χ3n) is 5.79. The van der Waals surface area contributed by atoms with Crippen LogP contribution in [0.5, 0.6) is 5.75 Å². The van der Waals surface area contributed by atoms with E-state index in [4.69, 9.17) is 8.92 Å². The number of nitrogens with zero attached hydrogens (tertiary/aromatic N) is 4. The molecule has 1 N–H and O–H groups in total. The van der Waals surface area contributed by atoms with Crippen LogP contribution in [0.2, 0.25) is 0 Å². The Morgan fingerprint density at radius 3 is 2.81 bits per heavy atom. The van der Waals surface area contributed by atoms with Crippen molar-refractivity contribution in [1.29, 1.82) is 5.26 Å². The van der Waals surface area contributed by atoms with Gasteiger partial charge in [0.2, 0.25) is 0 Å². The number of benzene rings is 2. The first kappa shape index (κ1) is 29.2. The minimum absolute atomic E-state index is 0.0213. The van der Waals surface area contributed by atoms with Gasteiger partial charge in [0, 0.05) is 36.5 Å². The van der Waals surface area contributed by atoms with Gasteiger partial charge >= 0.3 is 0 Å². The number of ether oxygens (including phenoxy) is 1. The Balaban J connectivity index is 1.69. The molecule has 1 aliphatic rings. The fourth-order valence-electron chi connectivity index (χ4n) is 4.14. The van der Waals surface area contributed by atoms with Gasteiger partial charge in [-0.25, -0.2) is 5.43 Å². The molecule has 2 aromatic rings. The Kier molecular flexibility index (Phi) is 11.5. The molecule has 0 radical (unpaired) electrons. The first-order valence-electron chi connectivity index (χ1n) is 12.4. The van der Waals surface area contributed by atoms with Crippen LogP contribution in [-0.4, -0.2) is 56.4 Å². The smallest absolute Gasteiger partial charge is 0.137 e. The molecule has 0 aliphatic heterocycles. The van der Waals surface area contributed by atoms with Crippen molar-refractivity contribution in [2.24, 2.45) is 4.99 Å². The highest BCUT2D eigenvalue weighted by molar-refractivity contribution is 8.07. The molecule has 198 valence electrons. The molecule has 0 heterocycles. The van der Waals surface area contributed by atoms with E-state index in [-0.39, 0.29) is 12.1 Å². The first-order chi connectivity index (χ1) is 17.8. The molecule has 1 unspecified atom stereocenters. The Labute approximate surface area is 230 Å². The number of hydrogen-bond donors (Lipinski definition) is 1. The first-order valence-corrected chi connectivity index (χ1v) is 14.1. The van der Waals surface area contributed by atoms with Crippen molar-refractivity contribution in [3.8, 4) is 11.8 Å². The van der Waals surface area contributed by atoms with Crippen molar-refractivity contribution in [1.82, 2.24) is 14.7 Å². The van der Waals surface area contributed by atoms with Gasteiger partial charge in [-0.05, 0) is 81.9 Å². The lowest BCUT2D eigenvalue weighted by Crippen LogP contribution is -2.32. The normalized spacial score (nSPS) is 15.3. The molecule has 9 heteroatoms. The van der Waals surface area contributed by atoms with E-state index in [1.165, 1.54) is 28.9 Å². The van der Waals surface area contributed by atoms with E-state index >= 15 is 0 Å². The number of hydrazine groups is 1. The fraction of sp³-hybridized carbons (Fsp3) is 0.429. The number of likely N-dealkylation sites (N-methyl/N-ethyl adjacent to an activating group) is 1. The van der Waals surface area contributed by atoms with E-state index in [0.29, 0.717) is 23.7 Å². The average molecular weight is 540 g/mol. The Morgan fingerprint density at radius 1 is 1.30 bits per heavy atom. The van der Waals surface area contributed by atoms with Gasteiger partial charge in [-0.2, -0.15) is 9.68 Å². The number of thioether (sulfide) groups is 1. The predicted octanol–water partition coefficient (Wildman–Crippen LogP) is 5.84. The van der Waals surface area contributed by atoms with E-state index in [1.807, 2.05) is 63.8 Å². The van der Waals surface area contributed by atoms with E-state index in [9.17, 15) is 5.26 Å². The highest BCUT2D eigenvalue weighted by Crippen LogP contribution is 2.40. The quantitative estimate of drug-likeness (QED) is 0.105. The number of hydrogen-bond acceptors (Lipinski definition) is 9. The molecule has 1 atom stereocenters. The number of nitriles is 1. The summed E-state index contributed by atoms with van der Waals surface area (Å²) in [5, 5.41) is 9.58. The Morgan fingerprint density at radius 2 is 2.11 bits per heavy atom. The summed E-state index contributed by atoms with van der Waals surface area (Å²) in [5.74, 6) is 1.34. The van der Waals surface area contributed by atoms with Crippen molar-refractivity contribution in [3.63, 3.8) is 0 Å². The van der Waals surface area contributed by atoms with Gasteiger partial charge in [-0.1, -0.05) is 24.3 Å². The number of nitrogens with one attached hydrogen (secondary N) is 1. The molecule has 0 spiro atoms. The van der Waals surface area contributed by atoms with Gasteiger partial charge in [0.1, 0.15) is 11.8 Å². The molecule has 37 heavy (non-hydrogen) atoms. The minimum Gasteiger partial charge on any atom is -0.490 e. The van der Waals surface area contributed by atoms with Crippen LogP contribution in [0.15, 0.2) is 47.6 Å². The molecule has 0 saturated carbocycles. The third kappa shape index (κ3) is 8.60. The zero-order valence-corrected chi connectivity index (χ0v) is 24.0. The lowest BCUT2D eigenvalue weighted by Gasteiger charge is -2.22. The van der Waals surface area contributed by atoms with Crippen LogP contribution in [0.25, 0.3) is 4.91 Å². The summed E-state index contributed by atoms with van der Waals surface area (Å²) in [4.78, 5) is 7.27. The molecule has 1 aliphatic carbocycles. The van der Waals surface area contributed by atoms with Crippen LogP contribution < -0.4 is 10.2 Å². The van der Waals surface area contributed by atoms with Crippen molar-refractivity contribution < 1.29 is 8.92 Å². The second kappa shape index (κ2) is 14.6. The summed E-state index contributed by atoms with van der Waals surface area (Å²) >= 11 is 3.04.